The van der Waals surface area contributed by atoms with Crippen molar-refractivity contribution in [1.29, 1.82) is 0 Å². The van der Waals surface area contributed by atoms with Gasteiger partial charge in [0.1, 0.15) is 0 Å². The number of halogens is 2. The van der Waals surface area contributed by atoms with E-state index in [1.807, 2.05) is 0 Å². The maximum atomic E-state index is 10.6. The highest BCUT2D eigenvalue weighted by molar-refractivity contribution is 6.31. The molecule has 1 aliphatic heterocycles. The van der Waals surface area contributed by atoms with Crippen LogP contribution in [0.1, 0.15) is 18.4 Å². The predicted molar refractivity (Wildman–Crippen MR) is 77.8 cm³/mol. The van der Waals surface area contributed by atoms with Gasteiger partial charge in [-0.3, -0.25) is 15.0 Å². The zero-order chi connectivity index (χ0) is 13.1. The first kappa shape index (κ1) is 16.2. The number of piperidine rings is 1. The predicted octanol–water partition coefficient (Wildman–Crippen LogP) is 2.59. The lowest BCUT2D eigenvalue weighted by atomic mass is 10.1. The minimum absolute atomic E-state index is 0. The molecule has 0 aromatic heterocycles. The van der Waals surface area contributed by atoms with Crippen LogP contribution in [0.4, 0.5) is 5.69 Å². The van der Waals surface area contributed by atoms with Crippen LogP contribution in [0.3, 0.4) is 0 Å². The third kappa shape index (κ3) is 4.31. The fourth-order valence-electron chi connectivity index (χ4n) is 2.13. The molecule has 0 spiro atoms. The molecule has 1 saturated heterocycles. The number of hydrogen-bond acceptors (Lipinski definition) is 4. The summed E-state index contributed by atoms with van der Waals surface area (Å²) in [6.07, 6.45) is 1.98. The molecule has 0 radical (unpaired) electrons. The number of nitrogens with zero attached hydrogens (tertiary/aromatic N) is 2. The van der Waals surface area contributed by atoms with Crippen molar-refractivity contribution in [3.05, 3.63) is 38.9 Å². The van der Waals surface area contributed by atoms with Crippen molar-refractivity contribution in [1.82, 2.24) is 4.90 Å². The Morgan fingerprint density at radius 3 is 2.58 bits per heavy atom. The van der Waals surface area contributed by atoms with Crippen molar-refractivity contribution >= 4 is 29.7 Å². The zero-order valence-corrected chi connectivity index (χ0v) is 12.0. The Kier molecular flexibility index (Phi) is 6.00. The van der Waals surface area contributed by atoms with Crippen LogP contribution in [0, 0.1) is 10.1 Å². The molecule has 0 bridgehead atoms. The number of nitrogens with two attached hydrogens (primary N) is 1. The molecule has 2 rings (SSSR count). The molecule has 1 heterocycles. The Bertz CT molecular complexity index is 449. The second kappa shape index (κ2) is 7.05. The van der Waals surface area contributed by atoms with Gasteiger partial charge in [0, 0.05) is 24.7 Å². The highest BCUT2D eigenvalue weighted by Crippen LogP contribution is 2.24. The van der Waals surface area contributed by atoms with Gasteiger partial charge in [-0.2, -0.15) is 0 Å². The molecule has 7 heteroatoms. The monoisotopic (exact) mass is 305 g/mol. The average molecular weight is 306 g/mol. The lowest BCUT2D eigenvalue weighted by molar-refractivity contribution is -0.384. The molecule has 5 nitrogen and oxygen atoms in total. The first-order valence-electron chi connectivity index (χ1n) is 5.97. The van der Waals surface area contributed by atoms with Crippen molar-refractivity contribution in [3.63, 3.8) is 0 Å². The van der Waals surface area contributed by atoms with Crippen LogP contribution in [0.5, 0.6) is 0 Å². The van der Waals surface area contributed by atoms with Gasteiger partial charge in [0.25, 0.3) is 5.69 Å². The van der Waals surface area contributed by atoms with Gasteiger partial charge in [-0.1, -0.05) is 11.6 Å². The second-order valence-corrected chi connectivity index (χ2v) is 5.05. The third-order valence-corrected chi connectivity index (χ3v) is 3.63. The van der Waals surface area contributed by atoms with Crippen molar-refractivity contribution in [2.24, 2.45) is 5.73 Å². The van der Waals surface area contributed by atoms with Crippen molar-refractivity contribution < 1.29 is 4.92 Å². The Morgan fingerprint density at radius 2 is 2.05 bits per heavy atom. The summed E-state index contributed by atoms with van der Waals surface area (Å²) < 4.78 is 0. The van der Waals surface area contributed by atoms with E-state index < -0.39 is 4.92 Å². The van der Waals surface area contributed by atoms with E-state index in [4.69, 9.17) is 17.3 Å². The Morgan fingerprint density at radius 1 is 1.42 bits per heavy atom. The number of nitro benzene ring substituents is 1. The van der Waals surface area contributed by atoms with Gasteiger partial charge in [-0.25, -0.2) is 0 Å². The topological polar surface area (TPSA) is 72.4 Å². The minimum atomic E-state index is -0.435. The molecule has 0 aliphatic carbocycles. The first-order valence-corrected chi connectivity index (χ1v) is 6.35. The van der Waals surface area contributed by atoms with E-state index in [0.29, 0.717) is 11.1 Å². The Balaban J connectivity index is 0.00000180. The van der Waals surface area contributed by atoms with Crippen LogP contribution in [0.2, 0.25) is 5.02 Å². The van der Waals surface area contributed by atoms with Gasteiger partial charge >= 0.3 is 0 Å². The second-order valence-electron chi connectivity index (χ2n) is 4.65. The van der Waals surface area contributed by atoms with Crippen molar-refractivity contribution in [2.45, 2.75) is 25.4 Å². The van der Waals surface area contributed by atoms with E-state index in [9.17, 15) is 10.1 Å². The number of hydrogen-bond donors (Lipinski definition) is 1. The lowest BCUT2D eigenvalue weighted by Gasteiger charge is -2.30. The zero-order valence-electron chi connectivity index (χ0n) is 10.4. The normalized spacial score (nSPS) is 16.9. The van der Waals surface area contributed by atoms with E-state index in [1.54, 1.807) is 6.07 Å². The molecule has 1 aromatic carbocycles. The summed E-state index contributed by atoms with van der Waals surface area (Å²) in [5.41, 5.74) is 6.81. The van der Waals surface area contributed by atoms with Crippen LogP contribution in [0.25, 0.3) is 0 Å². The molecule has 2 N–H and O–H groups in total. The molecule has 1 aromatic rings. The molecule has 1 fully saturated rings. The maximum Gasteiger partial charge on any atom is 0.270 e. The number of nitro groups is 1. The summed E-state index contributed by atoms with van der Waals surface area (Å²) >= 11 is 6.07. The van der Waals surface area contributed by atoms with Gasteiger partial charge in [-0.05, 0) is 37.6 Å². The fraction of sp³-hybridized carbons (Fsp3) is 0.500. The van der Waals surface area contributed by atoms with E-state index in [0.717, 1.165) is 38.0 Å². The highest BCUT2D eigenvalue weighted by Gasteiger charge is 2.17. The van der Waals surface area contributed by atoms with Gasteiger partial charge in [0.05, 0.1) is 9.95 Å². The highest BCUT2D eigenvalue weighted by atomic mass is 35.5. The summed E-state index contributed by atoms with van der Waals surface area (Å²) in [4.78, 5) is 12.5. The summed E-state index contributed by atoms with van der Waals surface area (Å²) in [5.74, 6) is 0. The standard InChI is InChI=1S/C12H16ClN3O2.ClH/c13-12-7-11(16(17)18)2-1-9(12)8-15-5-3-10(14)4-6-15;/h1-2,7,10H,3-6,8,14H2;1H. The quantitative estimate of drug-likeness (QED) is 0.688. The van der Waals surface area contributed by atoms with Gasteiger partial charge < -0.3 is 5.73 Å². The van der Waals surface area contributed by atoms with Gasteiger partial charge in [-0.15, -0.1) is 12.4 Å². The van der Waals surface area contributed by atoms with Crippen molar-refractivity contribution in [3.8, 4) is 0 Å². The molecule has 106 valence electrons. The van der Waals surface area contributed by atoms with Crippen LogP contribution < -0.4 is 5.73 Å². The van der Waals surface area contributed by atoms with Crippen molar-refractivity contribution in [2.75, 3.05) is 13.1 Å². The molecular formula is C12H17Cl2N3O2. The third-order valence-electron chi connectivity index (χ3n) is 3.27. The van der Waals surface area contributed by atoms with E-state index >= 15 is 0 Å². The minimum Gasteiger partial charge on any atom is -0.328 e. The number of benzene rings is 1. The number of likely N-dealkylation sites (tertiary alicyclic amines) is 1. The fourth-order valence-corrected chi connectivity index (χ4v) is 2.36. The SMILES string of the molecule is Cl.NC1CCN(Cc2ccc([N+](=O)[O-])cc2Cl)CC1. The molecule has 0 amide bonds. The largest absolute Gasteiger partial charge is 0.328 e. The Hall–Kier alpha value is -0.880. The lowest BCUT2D eigenvalue weighted by Crippen LogP contribution is -2.39. The molecule has 0 saturated carbocycles. The Labute approximate surface area is 123 Å². The number of rotatable bonds is 3. The summed E-state index contributed by atoms with van der Waals surface area (Å²) in [7, 11) is 0. The molecule has 1 aliphatic rings. The average Bonchev–Trinajstić information content (AvgIpc) is 2.34. The van der Waals surface area contributed by atoms with Crippen LogP contribution in [0.15, 0.2) is 18.2 Å². The summed E-state index contributed by atoms with van der Waals surface area (Å²) in [6, 6.07) is 4.94. The molecular weight excluding hydrogens is 289 g/mol. The summed E-state index contributed by atoms with van der Waals surface area (Å²) in [6.45, 7) is 2.63. The van der Waals surface area contributed by atoms with E-state index in [1.165, 1.54) is 12.1 Å². The maximum absolute atomic E-state index is 10.6. The summed E-state index contributed by atoms with van der Waals surface area (Å²) in [5, 5.41) is 11.1. The molecule has 19 heavy (non-hydrogen) atoms. The molecule has 0 unspecified atom stereocenters. The first-order chi connectivity index (χ1) is 8.56. The van der Waals surface area contributed by atoms with Crippen LogP contribution in [-0.2, 0) is 6.54 Å². The van der Waals surface area contributed by atoms with Gasteiger partial charge in [0.2, 0.25) is 0 Å². The van der Waals surface area contributed by atoms with E-state index in [-0.39, 0.29) is 18.1 Å². The smallest absolute Gasteiger partial charge is 0.270 e. The van der Waals surface area contributed by atoms with Crippen LogP contribution >= 0.6 is 24.0 Å². The molecule has 0 atom stereocenters. The van der Waals surface area contributed by atoms with Gasteiger partial charge in [0.15, 0.2) is 0 Å². The van der Waals surface area contributed by atoms with Crippen LogP contribution in [-0.4, -0.2) is 29.0 Å². The number of non-ortho nitro benzene ring substituents is 1. The van der Waals surface area contributed by atoms with E-state index in [2.05, 4.69) is 4.90 Å².